The first kappa shape index (κ1) is 22.1. The minimum Gasteiger partial charge on any atom is -0.478 e. The maximum Gasteiger partial charge on any atom is 0.337 e. The third kappa shape index (κ3) is 3.26. The Kier molecular flexibility index (Phi) is 4.93. The average Bonchev–Trinajstić information content (AvgIpc) is 3.45. The third-order valence-corrected chi connectivity index (χ3v) is 8.41. The average molecular weight is 475 g/mol. The molecule has 2 bridgehead atoms. The fourth-order valence-electron chi connectivity index (χ4n) is 6.85. The van der Waals surface area contributed by atoms with Crippen molar-refractivity contribution in [3.8, 4) is 0 Å². The summed E-state index contributed by atoms with van der Waals surface area (Å²) in [5, 5.41) is 23.8. The Labute approximate surface area is 203 Å². The number of aliphatic hydroxyl groups is 1. The second-order valence-corrected chi connectivity index (χ2v) is 10.5. The Morgan fingerprint density at radius 2 is 1.97 bits per heavy atom. The molecule has 1 aliphatic heterocycles. The molecule has 3 aromatic rings. The summed E-state index contributed by atoms with van der Waals surface area (Å²) in [4.78, 5) is 32.5. The minimum atomic E-state index is -1.00. The number of para-hydroxylation sites is 1. The van der Waals surface area contributed by atoms with Crippen molar-refractivity contribution >= 4 is 23.1 Å². The van der Waals surface area contributed by atoms with Gasteiger partial charge in [-0.2, -0.15) is 0 Å². The van der Waals surface area contributed by atoms with Gasteiger partial charge in [-0.25, -0.2) is 9.78 Å². The lowest BCUT2D eigenvalue weighted by atomic mass is 9.88. The van der Waals surface area contributed by atoms with E-state index in [4.69, 9.17) is 4.98 Å². The number of carboxylic acid groups (broad SMARTS) is 1. The van der Waals surface area contributed by atoms with Gasteiger partial charge in [-0.1, -0.05) is 12.1 Å². The Balaban J connectivity index is 1.46. The van der Waals surface area contributed by atoms with Crippen LogP contribution in [-0.4, -0.2) is 44.3 Å². The van der Waals surface area contributed by atoms with Gasteiger partial charge < -0.3 is 20.4 Å². The highest BCUT2D eigenvalue weighted by Crippen LogP contribution is 2.55. The molecule has 35 heavy (non-hydrogen) atoms. The van der Waals surface area contributed by atoms with Gasteiger partial charge in [-0.05, 0) is 75.1 Å². The van der Waals surface area contributed by atoms with E-state index in [1.165, 1.54) is 0 Å². The molecule has 0 spiro atoms. The fourth-order valence-corrected chi connectivity index (χ4v) is 6.85. The number of hydrogen-bond acceptors (Lipinski definition) is 6. The van der Waals surface area contributed by atoms with Crippen LogP contribution in [0.5, 0.6) is 0 Å². The molecular formula is C27H30N4O4. The van der Waals surface area contributed by atoms with Gasteiger partial charge in [0.25, 0.3) is 5.56 Å². The highest BCUT2D eigenvalue weighted by molar-refractivity contribution is 5.94. The van der Waals surface area contributed by atoms with Crippen molar-refractivity contribution in [1.29, 1.82) is 0 Å². The number of hydrogen-bond donors (Lipinski definition) is 3. The number of pyridine rings is 1. The number of aromatic carboxylic acids is 1. The van der Waals surface area contributed by atoms with Gasteiger partial charge in [0.1, 0.15) is 11.5 Å². The van der Waals surface area contributed by atoms with Crippen molar-refractivity contribution in [1.82, 2.24) is 9.38 Å². The van der Waals surface area contributed by atoms with Crippen molar-refractivity contribution in [2.24, 2.45) is 17.8 Å². The first-order valence-corrected chi connectivity index (χ1v) is 12.3. The van der Waals surface area contributed by atoms with Crippen molar-refractivity contribution < 1.29 is 15.0 Å². The van der Waals surface area contributed by atoms with Crippen molar-refractivity contribution in [2.75, 3.05) is 16.8 Å². The molecule has 1 saturated heterocycles. The number of rotatable bonds is 5. The molecule has 3 aliphatic rings. The van der Waals surface area contributed by atoms with E-state index in [2.05, 4.69) is 10.2 Å². The van der Waals surface area contributed by atoms with Crippen LogP contribution in [0.3, 0.4) is 0 Å². The summed E-state index contributed by atoms with van der Waals surface area (Å²) in [7, 11) is 0. The molecule has 3 N–H and O–H groups in total. The summed E-state index contributed by atoms with van der Waals surface area (Å²) in [6.45, 7) is 6.53. The lowest BCUT2D eigenvalue weighted by Gasteiger charge is -2.30. The number of fused-ring (bicyclic) bond motifs is 2. The molecule has 0 radical (unpaired) electrons. The molecule has 2 aliphatic carbocycles. The molecule has 182 valence electrons. The van der Waals surface area contributed by atoms with Crippen molar-refractivity contribution in [3.63, 3.8) is 0 Å². The van der Waals surface area contributed by atoms with Crippen LogP contribution in [0.4, 0.5) is 11.5 Å². The van der Waals surface area contributed by atoms with E-state index >= 15 is 0 Å². The molecule has 5 unspecified atom stereocenters. The zero-order valence-electron chi connectivity index (χ0n) is 20.1. The van der Waals surface area contributed by atoms with Gasteiger partial charge in [-0.3, -0.25) is 9.20 Å². The van der Waals surface area contributed by atoms with Crippen LogP contribution in [0.25, 0.3) is 5.65 Å². The zero-order valence-corrected chi connectivity index (χ0v) is 20.1. The van der Waals surface area contributed by atoms with E-state index < -0.39 is 5.97 Å². The number of anilines is 2. The van der Waals surface area contributed by atoms with Crippen LogP contribution in [0, 0.1) is 31.6 Å². The van der Waals surface area contributed by atoms with Gasteiger partial charge in [0.05, 0.1) is 29.3 Å². The normalized spacial score (nSPS) is 27.5. The maximum atomic E-state index is 13.5. The van der Waals surface area contributed by atoms with Crippen LogP contribution in [0.2, 0.25) is 0 Å². The summed E-state index contributed by atoms with van der Waals surface area (Å²) in [6, 6.07) is 8.52. The van der Waals surface area contributed by atoms with E-state index in [0.717, 1.165) is 30.5 Å². The molecule has 2 saturated carbocycles. The highest BCUT2D eigenvalue weighted by atomic mass is 16.4. The van der Waals surface area contributed by atoms with Crippen LogP contribution in [-0.2, 0) is 0 Å². The predicted octanol–water partition coefficient (Wildman–Crippen LogP) is 3.39. The smallest absolute Gasteiger partial charge is 0.337 e. The quantitative estimate of drug-likeness (QED) is 0.520. The summed E-state index contributed by atoms with van der Waals surface area (Å²) >= 11 is 0. The molecule has 2 aromatic heterocycles. The largest absolute Gasteiger partial charge is 0.478 e. The number of benzene rings is 1. The standard InChI is InChI=1S/C27H30N4O4/c1-13-8-19(15(3)28-21-7-5-4-6-18(21)27(34)35)25-29-24(14(2)26(33)31(25)11-13)30-12-17-9-16-10-20(17)22(30)23(16)32/h4-8,11,15-17,20,22-23,28,32H,9-10,12H2,1-3H3,(H,34,35)/t15-,16?,17?,20?,22?,23?/m1/s1. The second kappa shape index (κ2) is 7.81. The number of aliphatic hydroxyl groups excluding tert-OH is 1. The topological polar surface area (TPSA) is 107 Å². The lowest BCUT2D eigenvalue weighted by Crippen LogP contribution is -2.42. The zero-order chi connectivity index (χ0) is 24.6. The van der Waals surface area contributed by atoms with Gasteiger partial charge in [-0.15, -0.1) is 0 Å². The Hall–Kier alpha value is -3.39. The molecule has 0 amide bonds. The van der Waals surface area contributed by atoms with Gasteiger partial charge >= 0.3 is 5.97 Å². The number of aromatic nitrogens is 2. The second-order valence-electron chi connectivity index (χ2n) is 10.5. The van der Waals surface area contributed by atoms with E-state index in [0.29, 0.717) is 40.5 Å². The van der Waals surface area contributed by atoms with Crippen LogP contribution < -0.4 is 15.8 Å². The van der Waals surface area contributed by atoms with E-state index in [-0.39, 0.29) is 29.3 Å². The number of carboxylic acids is 1. The minimum absolute atomic E-state index is 0.0266. The molecule has 6 rings (SSSR count). The molecule has 3 fully saturated rings. The van der Waals surface area contributed by atoms with E-state index in [1.54, 1.807) is 34.9 Å². The SMILES string of the molecule is Cc1cc([C@@H](C)Nc2ccccc2C(=O)O)c2nc(N3CC4CC5CC4C3C5O)c(C)c(=O)n2c1. The molecule has 8 heteroatoms. The monoisotopic (exact) mass is 474 g/mol. The fraction of sp³-hybridized carbons (Fsp3) is 0.444. The van der Waals surface area contributed by atoms with Crippen LogP contribution in [0.15, 0.2) is 41.3 Å². The van der Waals surface area contributed by atoms with Crippen molar-refractivity contribution in [3.05, 3.63) is 69.1 Å². The maximum absolute atomic E-state index is 13.5. The first-order valence-electron chi connectivity index (χ1n) is 12.3. The highest BCUT2D eigenvalue weighted by Gasteiger charge is 2.59. The summed E-state index contributed by atoms with van der Waals surface area (Å²) < 4.78 is 1.60. The van der Waals surface area contributed by atoms with E-state index in [9.17, 15) is 19.8 Å². The lowest BCUT2D eigenvalue weighted by molar-refractivity contribution is 0.0698. The Morgan fingerprint density at radius 1 is 1.20 bits per heavy atom. The molecule has 3 heterocycles. The molecule has 8 nitrogen and oxygen atoms in total. The van der Waals surface area contributed by atoms with Gasteiger partial charge in [0.2, 0.25) is 0 Å². The number of nitrogens with zero attached hydrogens (tertiary/aromatic N) is 3. The first-order chi connectivity index (χ1) is 16.7. The molecule has 1 aromatic carbocycles. The Morgan fingerprint density at radius 3 is 2.71 bits per heavy atom. The summed E-state index contributed by atoms with van der Waals surface area (Å²) in [5.74, 6) is 1.05. The number of carbonyl (C=O) groups is 1. The van der Waals surface area contributed by atoms with Crippen LogP contribution >= 0.6 is 0 Å². The van der Waals surface area contributed by atoms with Gasteiger partial charge in [0.15, 0.2) is 0 Å². The van der Waals surface area contributed by atoms with Gasteiger partial charge in [0, 0.05) is 24.0 Å². The number of aryl methyl sites for hydroxylation is 1. The van der Waals surface area contributed by atoms with Crippen molar-refractivity contribution in [2.45, 2.75) is 51.8 Å². The summed E-state index contributed by atoms with van der Waals surface area (Å²) in [5.41, 5.74) is 3.46. The molecule has 6 atom stereocenters. The third-order valence-electron chi connectivity index (χ3n) is 8.41. The predicted molar refractivity (Wildman–Crippen MR) is 133 cm³/mol. The van der Waals surface area contributed by atoms with E-state index in [1.807, 2.05) is 26.8 Å². The molecular weight excluding hydrogens is 444 g/mol. The van der Waals surface area contributed by atoms with Crippen LogP contribution in [0.1, 0.15) is 52.9 Å². The Bertz CT molecular complexity index is 1410. The number of nitrogens with one attached hydrogen (secondary N) is 1. The summed E-state index contributed by atoms with van der Waals surface area (Å²) in [6.07, 6.45) is 3.55.